The van der Waals surface area contributed by atoms with Gasteiger partial charge in [0.2, 0.25) is 10.0 Å². The van der Waals surface area contributed by atoms with Crippen molar-refractivity contribution in [2.75, 3.05) is 25.5 Å². The molecule has 0 radical (unpaired) electrons. The molecule has 0 fully saturated rings. The van der Waals surface area contributed by atoms with Crippen LogP contribution in [0, 0.1) is 0 Å². The second-order valence-corrected chi connectivity index (χ2v) is 6.12. The maximum Gasteiger partial charge on any atom is 0.246 e. The van der Waals surface area contributed by atoms with Crippen LogP contribution in [0.1, 0.15) is 26.7 Å². The second-order valence-electron chi connectivity index (χ2n) is 4.10. The molecule has 18 heavy (non-hydrogen) atoms. The summed E-state index contributed by atoms with van der Waals surface area (Å²) in [6, 6.07) is 3.23. The van der Waals surface area contributed by atoms with E-state index >= 15 is 0 Å². The maximum atomic E-state index is 12.4. The molecule has 0 bridgehead atoms. The van der Waals surface area contributed by atoms with E-state index in [1.807, 2.05) is 13.8 Å². The van der Waals surface area contributed by atoms with Crippen molar-refractivity contribution in [2.24, 2.45) is 0 Å². The summed E-state index contributed by atoms with van der Waals surface area (Å²) in [6.07, 6.45) is 3.30. The van der Waals surface area contributed by atoms with Crippen LogP contribution in [0.15, 0.2) is 23.2 Å². The Kier molecular flexibility index (Phi) is 5.55. The first-order chi connectivity index (χ1) is 8.54. The van der Waals surface area contributed by atoms with E-state index in [2.05, 4.69) is 10.3 Å². The Morgan fingerprint density at radius 2 is 2.06 bits per heavy atom. The number of anilines is 1. The van der Waals surface area contributed by atoms with Gasteiger partial charge in [-0.3, -0.25) is 0 Å². The summed E-state index contributed by atoms with van der Waals surface area (Å²) in [4.78, 5) is 4.35. The number of hydrogen-bond donors (Lipinski definition) is 1. The van der Waals surface area contributed by atoms with Gasteiger partial charge >= 0.3 is 0 Å². The Hall–Kier alpha value is -1.14. The summed E-state index contributed by atoms with van der Waals surface area (Å²) < 4.78 is 26.1. The summed E-state index contributed by atoms with van der Waals surface area (Å²) in [6.45, 7) is 5.18. The van der Waals surface area contributed by atoms with Gasteiger partial charge < -0.3 is 5.32 Å². The van der Waals surface area contributed by atoms with Gasteiger partial charge in [0.25, 0.3) is 0 Å². The predicted octanol–water partition coefficient (Wildman–Crippen LogP) is 1.93. The van der Waals surface area contributed by atoms with Crippen LogP contribution in [0.5, 0.6) is 0 Å². The van der Waals surface area contributed by atoms with E-state index in [0.717, 1.165) is 12.8 Å². The number of nitrogens with zero attached hydrogens (tertiary/aromatic N) is 2. The fraction of sp³-hybridized carbons (Fsp3) is 0.583. The molecule has 0 saturated carbocycles. The van der Waals surface area contributed by atoms with Crippen LogP contribution in [-0.4, -0.2) is 37.8 Å². The summed E-state index contributed by atoms with van der Waals surface area (Å²) in [5, 5.41) is 3.05. The average molecular weight is 271 g/mol. The van der Waals surface area contributed by atoms with E-state index in [1.54, 1.807) is 25.4 Å². The van der Waals surface area contributed by atoms with Crippen molar-refractivity contribution >= 4 is 15.8 Å². The molecule has 0 aliphatic rings. The lowest BCUT2D eigenvalue weighted by molar-refractivity contribution is 0.468. The fourth-order valence-electron chi connectivity index (χ4n) is 1.58. The van der Waals surface area contributed by atoms with Crippen LogP contribution in [0.25, 0.3) is 0 Å². The molecule has 0 aromatic carbocycles. The normalized spacial score (nSPS) is 11.8. The molecule has 1 aromatic rings. The molecular weight excluding hydrogens is 250 g/mol. The fourth-order valence-corrected chi connectivity index (χ4v) is 2.96. The minimum atomic E-state index is -3.45. The number of pyridine rings is 1. The Morgan fingerprint density at radius 3 is 2.67 bits per heavy atom. The van der Waals surface area contributed by atoms with Gasteiger partial charge in [-0.15, -0.1) is 0 Å². The zero-order valence-electron chi connectivity index (χ0n) is 11.2. The molecule has 1 N–H and O–H groups in total. The third-order valence-electron chi connectivity index (χ3n) is 2.54. The molecule has 0 aliphatic heterocycles. The Morgan fingerprint density at radius 1 is 1.33 bits per heavy atom. The van der Waals surface area contributed by atoms with E-state index in [-0.39, 0.29) is 4.90 Å². The highest BCUT2D eigenvalue weighted by atomic mass is 32.2. The van der Waals surface area contributed by atoms with Crippen molar-refractivity contribution < 1.29 is 8.42 Å². The van der Waals surface area contributed by atoms with Crippen LogP contribution in [-0.2, 0) is 10.0 Å². The number of nitrogens with one attached hydrogen (secondary N) is 1. The van der Waals surface area contributed by atoms with Crippen molar-refractivity contribution in [1.82, 2.24) is 9.29 Å². The molecule has 0 unspecified atom stereocenters. The first-order valence-corrected chi connectivity index (χ1v) is 7.63. The van der Waals surface area contributed by atoms with Crippen LogP contribution >= 0.6 is 0 Å². The Balaban J connectivity index is 3.07. The van der Waals surface area contributed by atoms with Gasteiger partial charge in [0.05, 0.1) is 0 Å². The standard InChI is InChI=1S/C12H21N3O2S/c1-4-8-13-12-11(7-6-9-14-12)18(16,17)15(3)10-5-2/h6-7,9H,4-5,8,10H2,1-3H3,(H,13,14). The highest BCUT2D eigenvalue weighted by Crippen LogP contribution is 2.21. The molecule has 1 rings (SSSR count). The highest BCUT2D eigenvalue weighted by Gasteiger charge is 2.23. The molecule has 1 heterocycles. The Bertz CT molecular complexity index is 474. The third kappa shape index (κ3) is 3.43. The molecule has 102 valence electrons. The Labute approximate surface area is 109 Å². The average Bonchev–Trinajstić information content (AvgIpc) is 2.37. The minimum Gasteiger partial charge on any atom is -0.369 e. The quantitative estimate of drug-likeness (QED) is 0.823. The van der Waals surface area contributed by atoms with Crippen LogP contribution in [0.2, 0.25) is 0 Å². The zero-order valence-corrected chi connectivity index (χ0v) is 12.0. The summed E-state index contributed by atoms with van der Waals surface area (Å²) >= 11 is 0. The molecule has 0 saturated heterocycles. The molecular formula is C12H21N3O2S. The third-order valence-corrected chi connectivity index (χ3v) is 4.43. The minimum absolute atomic E-state index is 0.245. The van der Waals surface area contributed by atoms with E-state index in [9.17, 15) is 8.42 Å². The molecule has 5 nitrogen and oxygen atoms in total. The van der Waals surface area contributed by atoms with Gasteiger partial charge in [-0.2, -0.15) is 0 Å². The number of rotatable bonds is 7. The molecule has 0 aliphatic carbocycles. The number of aromatic nitrogens is 1. The van der Waals surface area contributed by atoms with Crippen LogP contribution in [0.3, 0.4) is 0 Å². The van der Waals surface area contributed by atoms with E-state index < -0.39 is 10.0 Å². The monoisotopic (exact) mass is 271 g/mol. The molecule has 1 aromatic heterocycles. The van der Waals surface area contributed by atoms with Crippen molar-refractivity contribution in [1.29, 1.82) is 0 Å². The lowest BCUT2D eigenvalue weighted by Gasteiger charge is -2.18. The number of sulfonamides is 1. The van der Waals surface area contributed by atoms with Gasteiger partial charge in [-0.05, 0) is 25.0 Å². The predicted molar refractivity (Wildman–Crippen MR) is 73.1 cm³/mol. The lowest BCUT2D eigenvalue weighted by Crippen LogP contribution is -2.28. The highest BCUT2D eigenvalue weighted by molar-refractivity contribution is 7.89. The van der Waals surface area contributed by atoms with E-state index in [0.29, 0.717) is 18.9 Å². The lowest BCUT2D eigenvalue weighted by atomic mass is 10.4. The van der Waals surface area contributed by atoms with Gasteiger partial charge in [-0.25, -0.2) is 17.7 Å². The van der Waals surface area contributed by atoms with Crippen molar-refractivity contribution in [3.8, 4) is 0 Å². The summed E-state index contributed by atoms with van der Waals surface area (Å²) in [7, 11) is -1.86. The molecule has 0 atom stereocenters. The first kappa shape index (κ1) is 14.9. The smallest absolute Gasteiger partial charge is 0.246 e. The van der Waals surface area contributed by atoms with Crippen molar-refractivity contribution in [3.05, 3.63) is 18.3 Å². The molecule has 0 amide bonds. The maximum absolute atomic E-state index is 12.4. The van der Waals surface area contributed by atoms with Crippen molar-refractivity contribution in [3.63, 3.8) is 0 Å². The van der Waals surface area contributed by atoms with Crippen LogP contribution in [0.4, 0.5) is 5.82 Å². The summed E-state index contributed by atoms with van der Waals surface area (Å²) in [5.74, 6) is 0.433. The van der Waals surface area contributed by atoms with E-state index in [4.69, 9.17) is 0 Å². The van der Waals surface area contributed by atoms with Gasteiger partial charge in [-0.1, -0.05) is 13.8 Å². The zero-order chi connectivity index (χ0) is 13.6. The largest absolute Gasteiger partial charge is 0.369 e. The molecule has 6 heteroatoms. The second kappa shape index (κ2) is 6.70. The number of hydrogen-bond acceptors (Lipinski definition) is 4. The van der Waals surface area contributed by atoms with Gasteiger partial charge in [0.15, 0.2) is 0 Å². The SMILES string of the molecule is CCCNc1ncccc1S(=O)(=O)N(C)CCC. The first-order valence-electron chi connectivity index (χ1n) is 6.19. The van der Waals surface area contributed by atoms with Crippen molar-refractivity contribution in [2.45, 2.75) is 31.6 Å². The molecule has 0 spiro atoms. The topological polar surface area (TPSA) is 62.3 Å². The summed E-state index contributed by atoms with van der Waals surface area (Å²) in [5.41, 5.74) is 0. The van der Waals surface area contributed by atoms with Crippen LogP contribution < -0.4 is 5.32 Å². The van der Waals surface area contributed by atoms with Gasteiger partial charge in [0, 0.05) is 26.3 Å². The van der Waals surface area contributed by atoms with Gasteiger partial charge in [0.1, 0.15) is 10.7 Å². The van der Waals surface area contributed by atoms with E-state index in [1.165, 1.54) is 4.31 Å².